The number of rotatable bonds is 6. The Hall–Kier alpha value is -3.28. The van der Waals surface area contributed by atoms with Gasteiger partial charge in [-0.2, -0.15) is 4.99 Å². The maximum absolute atomic E-state index is 12.8. The van der Waals surface area contributed by atoms with Crippen LogP contribution >= 0.6 is 27.3 Å². The van der Waals surface area contributed by atoms with Gasteiger partial charge in [-0.05, 0) is 54.6 Å². The summed E-state index contributed by atoms with van der Waals surface area (Å²) >= 11 is 4.69. The van der Waals surface area contributed by atoms with Crippen LogP contribution in [0.3, 0.4) is 0 Å². The second-order valence-corrected chi connectivity index (χ2v) is 10.7. The van der Waals surface area contributed by atoms with Gasteiger partial charge in [0, 0.05) is 15.7 Å². The van der Waals surface area contributed by atoms with Gasteiger partial charge in [-0.1, -0.05) is 45.5 Å². The van der Waals surface area contributed by atoms with Gasteiger partial charge in [0.05, 0.1) is 22.2 Å². The molecule has 0 aliphatic rings. The summed E-state index contributed by atoms with van der Waals surface area (Å²) in [6.07, 6.45) is 0. The molecule has 1 amide bonds. The third-order valence-corrected chi connectivity index (χ3v) is 7.73. The maximum Gasteiger partial charge on any atom is 0.325 e. The van der Waals surface area contributed by atoms with E-state index in [2.05, 4.69) is 25.6 Å². The summed E-state index contributed by atoms with van der Waals surface area (Å²) < 4.78 is 35.6. The maximum atomic E-state index is 12.8. The first-order chi connectivity index (χ1) is 16.3. The van der Waals surface area contributed by atoms with Crippen LogP contribution in [0.4, 0.5) is 5.69 Å². The predicted octanol–water partition coefficient (Wildman–Crippen LogP) is 4.18. The van der Waals surface area contributed by atoms with Crippen molar-refractivity contribution in [1.82, 2.24) is 4.57 Å². The van der Waals surface area contributed by atoms with E-state index in [0.717, 1.165) is 14.7 Å². The molecule has 174 valence electrons. The molecule has 0 saturated carbocycles. The number of carbonyl (C=O) groups excluding carboxylic acids is 2. The number of hydrogen-bond donors (Lipinski definition) is 1. The predicted molar refractivity (Wildman–Crippen MR) is 133 cm³/mol. The second-order valence-electron chi connectivity index (χ2n) is 7.07. The second kappa shape index (κ2) is 9.92. The molecule has 8 nitrogen and oxygen atoms in total. The summed E-state index contributed by atoms with van der Waals surface area (Å²) in [6, 6.07) is 19.5. The number of anilines is 1. The normalized spacial score (nSPS) is 12.0. The molecule has 0 atom stereocenters. The summed E-state index contributed by atoms with van der Waals surface area (Å²) in [5.74, 6) is -0.992. The van der Waals surface area contributed by atoms with Crippen LogP contribution < -0.4 is 9.52 Å². The number of nitrogens with zero attached hydrogens (tertiary/aromatic N) is 2. The van der Waals surface area contributed by atoms with Crippen LogP contribution in [0, 0.1) is 0 Å². The monoisotopic (exact) mass is 559 g/mol. The third-order valence-electron chi connectivity index (χ3n) is 4.79. The molecule has 0 aliphatic heterocycles. The molecule has 34 heavy (non-hydrogen) atoms. The molecule has 4 aromatic rings. The molecular formula is C23H18BrN3O5S2. The number of amides is 1. The number of nitrogens with one attached hydrogen (secondary N) is 1. The summed E-state index contributed by atoms with van der Waals surface area (Å²) in [4.78, 5) is 29.5. The molecular weight excluding hydrogens is 542 g/mol. The van der Waals surface area contributed by atoms with Crippen LogP contribution in [-0.4, -0.2) is 32.0 Å². The number of aromatic nitrogens is 1. The Morgan fingerprint density at radius 3 is 2.44 bits per heavy atom. The van der Waals surface area contributed by atoms with Gasteiger partial charge in [0.15, 0.2) is 4.80 Å². The van der Waals surface area contributed by atoms with E-state index in [4.69, 9.17) is 4.74 Å². The van der Waals surface area contributed by atoms with Crippen molar-refractivity contribution in [2.24, 2.45) is 4.99 Å². The van der Waals surface area contributed by atoms with E-state index in [9.17, 15) is 18.0 Å². The number of sulfonamides is 1. The number of carbonyl (C=O) groups is 2. The van der Waals surface area contributed by atoms with Crippen LogP contribution in [0.15, 0.2) is 87.2 Å². The number of thiazole rings is 1. The Morgan fingerprint density at radius 1 is 1.06 bits per heavy atom. The molecule has 0 bridgehead atoms. The van der Waals surface area contributed by atoms with E-state index in [0.29, 0.717) is 10.5 Å². The molecule has 1 N–H and O–H groups in total. The fraction of sp³-hybridized carbons (Fsp3) is 0.0870. The van der Waals surface area contributed by atoms with Crippen molar-refractivity contribution in [3.63, 3.8) is 0 Å². The third kappa shape index (κ3) is 5.27. The van der Waals surface area contributed by atoms with E-state index < -0.39 is 21.9 Å². The molecule has 1 aromatic heterocycles. The average Bonchev–Trinajstić information content (AvgIpc) is 3.15. The molecule has 4 rings (SSSR count). The zero-order chi connectivity index (χ0) is 24.3. The number of benzene rings is 3. The minimum Gasteiger partial charge on any atom is -0.468 e. The minimum absolute atomic E-state index is 0.0928. The lowest BCUT2D eigenvalue weighted by Gasteiger charge is -2.08. The molecule has 0 radical (unpaired) electrons. The molecule has 0 spiro atoms. The van der Waals surface area contributed by atoms with Crippen LogP contribution in [0.5, 0.6) is 0 Å². The van der Waals surface area contributed by atoms with E-state index in [1.165, 1.54) is 54.8 Å². The van der Waals surface area contributed by atoms with Crippen molar-refractivity contribution in [3.8, 4) is 0 Å². The number of ether oxygens (including phenoxy) is 1. The molecule has 0 fully saturated rings. The van der Waals surface area contributed by atoms with Gasteiger partial charge < -0.3 is 9.30 Å². The van der Waals surface area contributed by atoms with Crippen LogP contribution in [0.25, 0.3) is 10.2 Å². The van der Waals surface area contributed by atoms with Gasteiger partial charge in [-0.3, -0.25) is 14.3 Å². The molecule has 1 heterocycles. The van der Waals surface area contributed by atoms with Crippen LogP contribution in [0.1, 0.15) is 10.4 Å². The van der Waals surface area contributed by atoms with Crippen LogP contribution in [-0.2, 0) is 26.1 Å². The van der Waals surface area contributed by atoms with Crippen molar-refractivity contribution >= 4 is 65.1 Å². The van der Waals surface area contributed by atoms with Crippen molar-refractivity contribution in [2.75, 3.05) is 11.8 Å². The highest BCUT2D eigenvalue weighted by molar-refractivity contribution is 9.10. The molecule has 0 unspecified atom stereocenters. The topological polar surface area (TPSA) is 107 Å². The van der Waals surface area contributed by atoms with Crippen LogP contribution in [0.2, 0.25) is 0 Å². The number of halogens is 1. The van der Waals surface area contributed by atoms with Crippen molar-refractivity contribution < 1.29 is 22.7 Å². The lowest BCUT2D eigenvalue weighted by Crippen LogP contribution is -2.22. The standard InChI is InChI=1S/C23H18BrN3O5S2/c1-32-21(28)14-27-19-12-9-16(24)13-20(19)33-23(27)25-22(29)15-7-10-17(11-8-15)26-34(30,31)18-5-3-2-4-6-18/h2-13,26H,14H2,1H3. The van der Waals surface area contributed by atoms with Gasteiger partial charge in [0.1, 0.15) is 6.54 Å². The number of fused-ring (bicyclic) bond motifs is 1. The smallest absolute Gasteiger partial charge is 0.325 e. The first kappa shape index (κ1) is 23.9. The van der Waals surface area contributed by atoms with Crippen molar-refractivity contribution in [1.29, 1.82) is 0 Å². The van der Waals surface area contributed by atoms with E-state index in [1.807, 2.05) is 18.2 Å². The highest BCUT2D eigenvalue weighted by Crippen LogP contribution is 2.23. The Bertz CT molecular complexity index is 1540. The van der Waals surface area contributed by atoms with Gasteiger partial charge in [-0.25, -0.2) is 8.42 Å². The molecule has 0 saturated heterocycles. The fourth-order valence-corrected chi connectivity index (χ4v) is 5.78. The van der Waals surface area contributed by atoms with Crippen molar-refractivity contribution in [3.05, 3.63) is 87.6 Å². The molecule has 0 aliphatic carbocycles. The Balaban J connectivity index is 1.63. The average molecular weight is 560 g/mol. The SMILES string of the molecule is COC(=O)Cn1c(=NC(=O)c2ccc(NS(=O)(=O)c3ccccc3)cc2)sc2cc(Br)ccc21. The highest BCUT2D eigenvalue weighted by atomic mass is 79.9. The van der Waals surface area contributed by atoms with E-state index >= 15 is 0 Å². The summed E-state index contributed by atoms with van der Waals surface area (Å²) in [7, 11) is -2.45. The number of methoxy groups -OCH3 is 1. The quantitative estimate of drug-likeness (QED) is 0.356. The zero-order valence-electron chi connectivity index (χ0n) is 17.8. The fourth-order valence-electron chi connectivity index (χ4n) is 3.12. The first-order valence-corrected chi connectivity index (χ1v) is 13.0. The lowest BCUT2D eigenvalue weighted by atomic mass is 10.2. The zero-order valence-corrected chi connectivity index (χ0v) is 21.0. The van der Waals surface area contributed by atoms with Gasteiger partial charge >= 0.3 is 5.97 Å². The Labute approximate surface area is 207 Å². The Kier molecular flexibility index (Phi) is 6.96. The summed E-state index contributed by atoms with van der Waals surface area (Å²) in [6.45, 7) is -0.0928. The van der Waals surface area contributed by atoms with E-state index in [1.54, 1.807) is 22.8 Å². The first-order valence-electron chi connectivity index (χ1n) is 9.89. The van der Waals surface area contributed by atoms with Crippen molar-refractivity contribution in [2.45, 2.75) is 11.4 Å². The van der Waals surface area contributed by atoms with E-state index in [-0.39, 0.29) is 17.0 Å². The van der Waals surface area contributed by atoms with Gasteiger partial charge in [0.25, 0.3) is 15.9 Å². The molecule has 11 heteroatoms. The largest absolute Gasteiger partial charge is 0.468 e. The highest BCUT2D eigenvalue weighted by Gasteiger charge is 2.15. The minimum atomic E-state index is -3.74. The molecule has 3 aromatic carbocycles. The van der Waals surface area contributed by atoms with Gasteiger partial charge in [0.2, 0.25) is 0 Å². The number of esters is 1. The summed E-state index contributed by atoms with van der Waals surface area (Å²) in [5.41, 5.74) is 1.33. The number of hydrogen-bond acceptors (Lipinski definition) is 6. The van der Waals surface area contributed by atoms with Gasteiger partial charge in [-0.15, -0.1) is 0 Å². The Morgan fingerprint density at radius 2 is 1.76 bits per heavy atom. The lowest BCUT2D eigenvalue weighted by molar-refractivity contribution is -0.141. The summed E-state index contributed by atoms with van der Waals surface area (Å²) in [5, 5.41) is 0.